The van der Waals surface area contributed by atoms with Gasteiger partial charge in [-0.05, 0) is 116 Å². The molecule has 0 saturated heterocycles. The molecule has 4 aromatic heterocycles. The van der Waals surface area contributed by atoms with Crippen molar-refractivity contribution in [1.82, 2.24) is 18.7 Å². The fraction of sp³-hybridized carbons (Fsp3) is 0. The van der Waals surface area contributed by atoms with Crippen molar-refractivity contribution in [2.75, 3.05) is 4.90 Å². The van der Waals surface area contributed by atoms with E-state index >= 15 is 0 Å². The first-order valence-electron chi connectivity index (χ1n) is 37.6. The van der Waals surface area contributed by atoms with Gasteiger partial charge in [-0.1, -0.05) is 284 Å². The Balaban J connectivity index is 0.790. The summed E-state index contributed by atoms with van der Waals surface area (Å²) in [6.45, 7) is -0.156. The van der Waals surface area contributed by atoms with E-state index in [9.17, 15) is 5.48 Å². The summed E-state index contributed by atoms with van der Waals surface area (Å²) >= 11 is 0. The number of para-hydroxylation sites is 8. The van der Waals surface area contributed by atoms with Gasteiger partial charge in [0.15, 0.2) is 5.75 Å². The lowest BCUT2D eigenvalue weighted by atomic mass is 9.33. The molecule has 0 bridgehead atoms. The van der Waals surface area contributed by atoms with E-state index in [0.717, 1.165) is 88.4 Å². The van der Waals surface area contributed by atoms with E-state index in [4.69, 9.17) is 17.9 Å². The van der Waals surface area contributed by atoms with Crippen LogP contribution in [0, 0.1) is 6.33 Å². The van der Waals surface area contributed by atoms with E-state index in [-0.39, 0.29) is 34.7 Å². The van der Waals surface area contributed by atoms with Crippen LogP contribution in [0.3, 0.4) is 0 Å². The van der Waals surface area contributed by atoms with Crippen LogP contribution in [0.2, 0.25) is 0 Å². The third-order valence-corrected chi connectivity index (χ3v) is 19.0. The average Bonchev–Trinajstić information content (AvgIpc) is 1.22. The van der Waals surface area contributed by atoms with Crippen molar-refractivity contribution in [3.63, 3.8) is 0 Å². The van der Waals surface area contributed by atoms with Crippen LogP contribution in [0.4, 0.5) is 17.1 Å². The smallest absolute Gasteiger partial charge is 0.269 e. The number of aromatic nitrogens is 5. The number of rotatable bonds is 12. The molecule has 8 heteroatoms. The van der Waals surface area contributed by atoms with Crippen LogP contribution in [0.1, 0.15) is 13.7 Å². The van der Waals surface area contributed by atoms with E-state index in [0.29, 0.717) is 34.0 Å². The maximum Gasteiger partial charge on any atom is 0.269 e. The molecule has 1 aliphatic heterocycles. The molecule has 0 N–H and O–H groups in total. The molecule has 0 spiro atoms. The van der Waals surface area contributed by atoms with Gasteiger partial charge in [0.05, 0.1) is 69.6 Å². The summed E-state index contributed by atoms with van der Waals surface area (Å²) in [5, 5.41) is 4.10. The van der Waals surface area contributed by atoms with Gasteiger partial charge >= 0.3 is 0 Å². The van der Waals surface area contributed by atoms with E-state index in [1.807, 2.05) is 59.3 Å². The lowest BCUT2D eigenvalue weighted by molar-refractivity contribution is -0.571. The number of anilines is 3. The van der Waals surface area contributed by atoms with Gasteiger partial charge in [0.2, 0.25) is 6.71 Å². The first-order valence-corrected chi connectivity index (χ1v) is 32.6. The van der Waals surface area contributed by atoms with Crippen molar-refractivity contribution in [2.45, 2.75) is 0 Å². The van der Waals surface area contributed by atoms with Gasteiger partial charge in [-0.25, -0.2) is 4.98 Å². The highest BCUT2D eigenvalue weighted by Crippen LogP contribution is 2.45. The molecule has 0 radical (unpaired) electrons. The molecule has 0 aliphatic carbocycles. The van der Waals surface area contributed by atoms with E-state index in [2.05, 4.69) is 245 Å². The van der Waals surface area contributed by atoms with Crippen LogP contribution in [0.25, 0.3) is 122 Å². The summed E-state index contributed by atoms with van der Waals surface area (Å²) in [5.41, 5.74) is 17.6. The number of pyridine rings is 1. The van der Waals surface area contributed by atoms with Crippen molar-refractivity contribution < 1.29 is 23.0 Å². The predicted molar refractivity (Wildman–Crippen MR) is 404 cm³/mol. The Morgan fingerprint density at radius 2 is 0.888 bits per heavy atom. The summed E-state index contributed by atoms with van der Waals surface area (Å²) in [5.74, 6) is 1.66. The molecule has 14 aromatic carbocycles. The van der Waals surface area contributed by atoms with Gasteiger partial charge in [-0.2, -0.15) is 0 Å². The third kappa shape index (κ3) is 9.29. The molecular formula is C90H59BN6O. The van der Waals surface area contributed by atoms with Gasteiger partial charge in [0, 0.05) is 51.2 Å². The van der Waals surface area contributed by atoms with Crippen molar-refractivity contribution in [1.29, 1.82) is 0 Å². The number of fused-ring (bicyclic) bond motifs is 9. The SMILES string of the molecule is [2H]c1c([2H])c([2H])c(-c2cccc(-c3c([2H])c([2H])c([2H])c([2H])c3[2H])c2-[n+]2[c-]n(-c3cccc(Oc4cc5c(cc4-n4c6ccccc6c6ccccc64)c4ccccc4n5-c4cc(N5c6ccccc6B(c6c(-c7ccccc7)cccc6-c6ccccc6)c6ccccc65)ccn4)c3)c3ccccc32)c([2H])c1[2H]. The fourth-order valence-corrected chi connectivity index (χ4v) is 14.9. The molecule has 0 saturated carbocycles. The molecule has 0 amide bonds. The van der Waals surface area contributed by atoms with Crippen molar-refractivity contribution in [3.8, 4) is 78.9 Å². The van der Waals surface area contributed by atoms with E-state index in [1.165, 1.54) is 16.6 Å². The first kappa shape index (κ1) is 46.9. The van der Waals surface area contributed by atoms with Crippen molar-refractivity contribution >= 4 is 94.8 Å². The number of ether oxygens (including phenoxy) is 1. The van der Waals surface area contributed by atoms with Crippen LogP contribution in [-0.2, 0) is 0 Å². The largest absolute Gasteiger partial charge is 0.456 e. The standard InChI is InChI=1S/C90H59BN6O/c1-5-28-61(29-6-1)68-41-26-42-69(62-30-7-2-8-31-62)89(68)91-76-45-16-21-50-81(76)95(82-51-22-17-46-77(82)91)66-54-55-92-88(57-66)97-80-49-20-15-40-74(80)75-58-86(96-78-47-18-13-38-72(78)73-39-14-19-48-79(73)96)87(59-85(75)97)98-67-37-25-36-65(56-67)93-60-94(84-53-24-23-52-83(84)93)90-70(63-32-9-3-10-33-63)43-27-44-71(90)64-34-11-4-12-35-64/h1-59H/i3D,4D,9D,10D,11D,12D,32D,33D,34D,35D. The molecule has 98 heavy (non-hydrogen) atoms. The van der Waals surface area contributed by atoms with Crippen molar-refractivity contribution in [2.24, 2.45) is 0 Å². The number of nitrogens with zero attached hydrogens (tertiary/aromatic N) is 6. The summed E-state index contributed by atoms with van der Waals surface area (Å²) in [6.07, 6.45) is 5.45. The zero-order valence-electron chi connectivity index (χ0n) is 62.5. The molecule has 5 heterocycles. The lowest BCUT2D eigenvalue weighted by Gasteiger charge is -2.38. The predicted octanol–water partition coefficient (Wildman–Crippen LogP) is 20.1. The summed E-state index contributed by atoms with van der Waals surface area (Å²) < 4.78 is 105. The monoisotopic (exact) mass is 1260 g/mol. The van der Waals surface area contributed by atoms with E-state index < -0.39 is 60.4 Å². The minimum absolute atomic E-state index is 0.139. The summed E-state index contributed by atoms with van der Waals surface area (Å²) in [6, 6.07) is 93.9. The third-order valence-electron chi connectivity index (χ3n) is 19.0. The number of hydrogen-bond donors (Lipinski definition) is 0. The fourth-order valence-electron chi connectivity index (χ4n) is 14.9. The maximum atomic E-state index is 9.27. The molecule has 1 aliphatic rings. The van der Waals surface area contributed by atoms with Crippen LogP contribution >= 0.6 is 0 Å². The molecule has 7 nitrogen and oxygen atoms in total. The van der Waals surface area contributed by atoms with Gasteiger partial charge in [0.1, 0.15) is 11.6 Å². The first-order chi connectivity index (χ1) is 52.8. The number of imidazole rings is 1. The topological polar surface area (TPSA) is 44.0 Å². The Kier molecular flexibility index (Phi) is 11.2. The minimum Gasteiger partial charge on any atom is -0.456 e. The second-order valence-electron chi connectivity index (χ2n) is 24.4. The highest BCUT2D eigenvalue weighted by atomic mass is 16.5. The molecule has 458 valence electrons. The quantitative estimate of drug-likeness (QED) is 0.0696. The maximum absolute atomic E-state index is 9.27. The van der Waals surface area contributed by atoms with Crippen LogP contribution in [0.5, 0.6) is 11.5 Å². The number of benzene rings is 14. The Bertz CT molecular complexity index is 6480. The highest BCUT2D eigenvalue weighted by molar-refractivity contribution is 6.99. The van der Waals surface area contributed by atoms with E-state index in [1.54, 1.807) is 22.8 Å². The Morgan fingerprint density at radius 3 is 1.50 bits per heavy atom. The molecule has 19 rings (SSSR count). The second-order valence-corrected chi connectivity index (χ2v) is 24.4. The molecule has 0 atom stereocenters. The normalized spacial score (nSPS) is 13.5. The van der Waals surface area contributed by atoms with Gasteiger partial charge in [-0.15, -0.1) is 0 Å². The molecule has 18 aromatic rings. The minimum atomic E-state index is -0.581. The Hall–Kier alpha value is -13.0. The van der Waals surface area contributed by atoms with Gasteiger partial charge in [-0.3, -0.25) is 13.7 Å². The second kappa shape index (κ2) is 23.5. The Morgan fingerprint density at radius 1 is 0.378 bits per heavy atom. The molecular weight excluding hydrogens is 1190 g/mol. The van der Waals surface area contributed by atoms with Gasteiger partial charge < -0.3 is 14.2 Å². The summed E-state index contributed by atoms with van der Waals surface area (Å²) in [4.78, 5) is 7.66. The summed E-state index contributed by atoms with van der Waals surface area (Å²) in [7, 11) is 0. The number of hydrogen-bond acceptors (Lipinski definition) is 3. The van der Waals surface area contributed by atoms with Crippen LogP contribution < -0.4 is 30.6 Å². The highest BCUT2D eigenvalue weighted by Gasteiger charge is 2.38. The van der Waals surface area contributed by atoms with Gasteiger partial charge in [0.25, 0.3) is 6.33 Å². The van der Waals surface area contributed by atoms with Crippen molar-refractivity contribution in [3.05, 3.63) is 364 Å². The molecule has 0 fully saturated rings. The Labute approximate surface area is 581 Å². The zero-order valence-corrected chi connectivity index (χ0v) is 52.5. The molecule has 0 unspecified atom stereocenters. The average molecular weight is 1260 g/mol. The zero-order chi connectivity index (χ0) is 73.3. The lowest BCUT2D eigenvalue weighted by Crippen LogP contribution is -2.58. The van der Waals surface area contributed by atoms with Crippen LogP contribution in [-0.4, -0.2) is 25.4 Å². The van der Waals surface area contributed by atoms with Crippen LogP contribution in [0.15, 0.2) is 358 Å².